The molecule has 0 saturated carbocycles. The van der Waals surface area contributed by atoms with Gasteiger partial charge in [0.2, 0.25) is 5.75 Å². The molecule has 0 aliphatic rings. The van der Waals surface area contributed by atoms with Crippen LogP contribution >= 0.6 is 0 Å². The van der Waals surface area contributed by atoms with Crippen molar-refractivity contribution in [2.75, 3.05) is 19.8 Å². The lowest BCUT2D eigenvalue weighted by molar-refractivity contribution is 0.234. The Bertz CT molecular complexity index is 646. The maximum atomic E-state index is 11.7. The molecule has 1 aromatic carbocycles. The summed E-state index contributed by atoms with van der Waals surface area (Å²) in [7, 11) is 0. The van der Waals surface area contributed by atoms with Crippen LogP contribution in [-0.2, 0) is 0 Å². The summed E-state index contributed by atoms with van der Waals surface area (Å²) in [6, 6.07) is 4.86. The number of ether oxygens (including phenoxy) is 2. The quantitative estimate of drug-likeness (QED) is 0.618. The van der Waals surface area contributed by atoms with Crippen molar-refractivity contribution >= 4 is 11.0 Å². The maximum absolute atomic E-state index is 11.7. The number of hydrogen-bond donors (Lipinski definition) is 2. The van der Waals surface area contributed by atoms with Crippen molar-refractivity contribution in [2.45, 2.75) is 13.3 Å². The Kier molecular flexibility index (Phi) is 4.47. The van der Waals surface area contributed by atoms with Crippen LogP contribution in [0.1, 0.15) is 13.3 Å². The second-order valence-corrected chi connectivity index (χ2v) is 4.06. The summed E-state index contributed by atoms with van der Waals surface area (Å²) < 4.78 is 15.7. The van der Waals surface area contributed by atoms with E-state index in [0.29, 0.717) is 12.2 Å². The molecule has 0 aliphatic carbocycles. The van der Waals surface area contributed by atoms with E-state index in [1.807, 2.05) is 0 Å². The molecule has 6 nitrogen and oxygen atoms in total. The third kappa shape index (κ3) is 2.70. The van der Waals surface area contributed by atoms with Gasteiger partial charge < -0.3 is 24.1 Å². The van der Waals surface area contributed by atoms with Gasteiger partial charge in [0.05, 0.1) is 13.2 Å². The van der Waals surface area contributed by atoms with Gasteiger partial charge in [-0.2, -0.15) is 0 Å². The van der Waals surface area contributed by atoms with Crippen molar-refractivity contribution in [3.63, 3.8) is 0 Å². The van der Waals surface area contributed by atoms with Crippen molar-refractivity contribution in [3.8, 4) is 17.2 Å². The molecule has 0 saturated heterocycles. The summed E-state index contributed by atoms with van der Waals surface area (Å²) in [5.41, 5.74) is -0.512. The summed E-state index contributed by atoms with van der Waals surface area (Å²) in [6.45, 7) is 2.23. The minimum atomic E-state index is -0.732. The highest BCUT2D eigenvalue weighted by Crippen LogP contribution is 2.37. The van der Waals surface area contributed by atoms with Crippen molar-refractivity contribution in [2.24, 2.45) is 0 Å². The van der Waals surface area contributed by atoms with E-state index in [2.05, 4.69) is 0 Å². The molecular weight excluding hydrogens is 264 g/mol. The second-order valence-electron chi connectivity index (χ2n) is 4.06. The van der Waals surface area contributed by atoms with Gasteiger partial charge in [-0.05, 0) is 19.1 Å². The highest BCUT2D eigenvalue weighted by Gasteiger charge is 2.18. The third-order valence-corrected chi connectivity index (χ3v) is 2.68. The van der Waals surface area contributed by atoms with Gasteiger partial charge in [-0.3, -0.25) is 0 Å². The molecule has 1 aromatic heterocycles. The zero-order chi connectivity index (χ0) is 14.5. The van der Waals surface area contributed by atoms with Gasteiger partial charge in [-0.25, -0.2) is 4.79 Å². The summed E-state index contributed by atoms with van der Waals surface area (Å²) in [5.74, 6) is -0.144. The summed E-state index contributed by atoms with van der Waals surface area (Å²) >= 11 is 0. The predicted octanol–water partition coefficient (Wildman–Crippen LogP) is 1.66. The Morgan fingerprint density at radius 3 is 2.80 bits per heavy atom. The zero-order valence-electron chi connectivity index (χ0n) is 11.1. The van der Waals surface area contributed by atoms with Crippen LogP contribution in [0.4, 0.5) is 0 Å². The van der Waals surface area contributed by atoms with Crippen LogP contribution in [0.15, 0.2) is 27.4 Å². The molecule has 0 atom stereocenters. The zero-order valence-corrected chi connectivity index (χ0v) is 11.1. The molecule has 0 amide bonds. The van der Waals surface area contributed by atoms with E-state index in [4.69, 9.17) is 19.0 Å². The van der Waals surface area contributed by atoms with Crippen molar-refractivity contribution in [1.29, 1.82) is 0 Å². The van der Waals surface area contributed by atoms with Crippen LogP contribution in [0, 0.1) is 0 Å². The Labute approximate surface area is 115 Å². The largest absolute Gasteiger partial charge is 0.503 e. The summed E-state index contributed by atoms with van der Waals surface area (Å²) in [6.07, 6.45) is 0.465. The average Bonchev–Trinajstić information content (AvgIpc) is 2.43. The van der Waals surface area contributed by atoms with Crippen LogP contribution in [-0.4, -0.2) is 30.0 Å². The normalized spacial score (nSPS) is 10.7. The Morgan fingerprint density at radius 2 is 2.10 bits per heavy atom. The number of fused-ring (bicyclic) bond motifs is 1. The number of aliphatic hydroxyl groups excluding tert-OH is 1. The summed E-state index contributed by atoms with van der Waals surface area (Å²) in [5, 5.41) is 19.2. The molecule has 0 fully saturated rings. The first-order chi connectivity index (χ1) is 9.69. The van der Waals surface area contributed by atoms with E-state index >= 15 is 0 Å². The molecule has 0 bridgehead atoms. The Morgan fingerprint density at radius 1 is 1.30 bits per heavy atom. The molecule has 0 radical (unpaired) electrons. The first-order valence-electron chi connectivity index (χ1n) is 6.34. The lowest BCUT2D eigenvalue weighted by Gasteiger charge is -2.11. The SMILES string of the molecule is CCOc1c(O)c2c(OCCCO)cccc2oc1=O. The average molecular weight is 280 g/mol. The van der Waals surface area contributed by atoms with Crippen molar-refractivity contribution in [3.05, 3.63) is 28.6 Å². The highest BCUT2D eigenvalue weighted by molar-refractivity contribution is 5.91. The fourth-order valence-electron chi connectivity index (χ4n) is 1.82. The molecule has 2 aromatic rings. The number of benzene rings is 1. The van der Waals surface area contributed by atoms with E-state index in [0.717, 1.165) is 0 Å². The van der Waals surface area contributed by atoms with E-state index in [9.17, 15) is 9.90 Å². The number of aromatic hydroxyl groups is 1. The van der Waals surface area contributed by atoms with Crippen molar-refractivity contribution < 1.29 is 24.1 Å². The highest BCUT2D eigenvalue weighted by atomic mass is 16.5. The minimum absolute atomic E-state index is 0.00995. The molecule has 6 heteroatoms. The van der Waals surface area contributed by atoms with Gasteiger partial charge in [0, 0.05) is 13.0 Å². The predicted molar refractivity (Wildman–Crippen MR) is 72.5 cm³/mol. The van der Waals surface area contributed by atoms with E-state index in [-0.39, 0.29) is 42.3 Å². The molecule has 108 valence electrons. The lowest BCUT2D eigenvalue weighted by atomic mass is 10.2. The van der Waals surface area contributed by atoms with Gasteiger partial charge >= 0.3 is 5.63 Å². The van der Waals surface area contributed by atoms with Crippen LogP contribution in [0.5, 0.6) is 17.2 Å². The minimum Gasteiger partial charge on any atom is -0.503 e. The number of hydrogen-bond acceptors (Lipinski definition) is 6. The van der Waals surface area contributed by atoms with Crippen molar-refractivity contribution in [1.82, 2.24) is 0 Å². The first kappa shape index (κ1) is 14.2. The smallest absolute Gasteiger partial charge is 0.383 e. The Balaban J connectivity index is 2.54. The van der Waals surface area contributed by atoms with Gasteiger partial charge in [0.15, 0.2) is 5.75 Å². The molecule has 20 heavy (non-hydrogen) atoms. The molecular formula is C14H16O6. The van der Waals surface area contributed by atoms with Gasteiger partial charge in [0.1, 0.15) is 16.7 Å². The van der Waals surface area contributed by atoms with E-state index in [1.165, 1.54) is 0 Å². The molecule has 0 aliphatic heterocycles. The molecule has 0 spiro atoms. The van der Waals surface area contributed by atoms with Crippen LogP contribution < -0.4 is 15.1 Å². The molecule has 2 rings (SSSR count). The van der Waals surface area contributed by atoms with Crippen LogP contribution in [0.3, 0.4) is 0 Å². The van der Waals surface area contributed by atoms with Crippen LogP contribution in [0.2, 0.25) is 0 Å². The molecule has 1 heterocycles. The first-order valence-corrected chi connectivity index (χ1v) is 6.34. The lowest BCUT2D eigenvalue weighted by Crippen LogP contribution is -2.07. The third-order valence-electron chi connectivity index (χ3n) is 2.68. The number of rotatable bonds is 6. The van der Waals surface area contributed by atoms with Gasteiger partial charge in [-0.15, -0.1) is 0 Å². The molecule has 0 unspecified atom stereocenters. The summed E-state index contributed by atoms with van der Waals surface area (Å²) in [4.78, 5) is 11.7. The van der Waals surface area contributed by atoms with E-state index < -0.39 is 5.63 Å². The number of aliphatic hydroxyl groups is 1. The topological polar surface area (TPSA) is 89.1 Å². The monoisotopic (exact) mass is 280 g/mol. The fraction of sp³-hybridized carbons (Fsp3) is 0.357. The Hall–Kier alpha value is -2.21. The van der Waals surface area contributed by atoms with Gasteiger partial charge in [0.25, 0.3) is 0 Å². The van der Waals surface area contributed by atoms with E-state index in [1.54, 1.807) is 25.1 Å². The van der Waals surface area contributed by atoms with Crippen LogP contribution in [0.25, 0.3) is 11.0 Å². The standard InChI is InChI=1S/C14H16O6/c1-2-18-13-12(16)11-9(19-8-4-7-15)5-3-6-10(11)20-14(13)17/h3,5-6,15-16H,2,4,7-8H2,1H3. The fourth-order valence-corrected chi connectivity index (χ4v) is 1.82. The second kappa shape index (κ2) is 6.29. The molecule has 2 N–H and O–H groups in total. The maximum Gasteiger partial charge on any atom is 0.383 e. The van der Waals surface area contributed by atoms with Gasteiger partial charge in [-0.1, -0.05) is 6.07 Å².